The summed E-state index contributed by atoms with van der Waals surface area (Å²) in [5.41, 5.74) is 5.24. The van der Waals surface area contributed by atoms with Gasteiger partial charge in [0.1, 0.15) is 0 Å². The number of likely N-dealkylation sites (tertiary alicyclic amines) is 1. The van der Waals surface area contributed by atoms with Crippen molar-refractivity contribution in [3.8, 4) is 0 Å². The van der Waals surface area contributed by atoms with E-state index in [0.29, 0.717) is 13.1 Å². The van der Waals surface area contributed by atoms with Gasteiger partial charge in [0.15, 0.2) is 0 Å². The first-order valence-electron chi connectivity index (χ1n) is 7.49. The molecule has 0 aliphatic carbocycles. The fraction of sp³-hybridized carbons (Fsp3) is 0.857. The van der Waals surface area contributed by atoms with Crippen molar-refractivity contribution < 1.29 is 14.7 Å². The number of hydrogen-bond donors (Lipinski definition) is 3. The van der Waals surface area contributed by atoms with E-state index >= 15 is 0 Å². The molecule has 0 spiro atoms. The Morgan fingerprint density at radius 1 is 1.40 bits per heavy atom. The van der Waals surface area contributed by atoms with E-state index < -0.39 is 12.1 Å². The first-order chi connectivity index (χ1) is 9.49. The minimum absolute atomic E-state index is 0.0963. The van der Waals surface area contributed by atoms with E-state index in [4.69, 9.17) is 5.73 Å². The maximum absolute atomic E-state index is 12.1. The lowest BCUT2D eigenvalue weighted by Crippen LogP contribution is -2.48. The SMILES string of the molecule is CCC(CC)C(O)CNC(=O)C1CCCN(C(N)=O)C1. The molecule has 116 valence electrons. The second-order valence-electron chi connectivity index (χ2n) is 5.51. The first-order valence-corrected chi connectivity index (χ1v) is 7.49. The van der Waals surface area contributed by atoms with E-state index in [0.717, 1.165) is 25.7 Å². The van der Waals surface area contributed by atoms with Gasteiger partial charge in [0.25, 0.3) is 0 Å². The summed E-state index contributed by atoms with van der Waals surface area (Å²) in [4.78, 5) is 24.7. The van der Waals surface area contributed by atoms with Crippen molar-refractivity contribution in [2.24, 2.45) is 17.6 Å². The summed E-state index contributed by atoms with van der Waals surface area (Å²) in [5.74, 6) is -0.102. The Hall–Kier alpha value is -1.30. The molecule has 0 aromatic heterocycles. The molecule has 3 amide bonds. The molecule has 2 unspecified atom stereocenters. The van der Waals surface area contributed by atoms with Crippen LogP contribution in [0.2, 0.25) is 0 Å². The average molecular weight is 285 g/mol. The lowest BCUT2D eigenvalue weighted by molar-refractivity contribution is -0.126. The lowest BCUT2D eigenvalue weighted by Gasteiger charge is -2.31. The molecule has 0 bridgehead atoms. The molecule has 1 heterocycles. The number of urea groups is 1. The number of aliphatic hydroxyl groups excluding tert-OH is 1. The number of nitrogens with one attached hydrogen (secondary N) is 1. The Kier molecular flexibility index (Phi) is 6.78. The third kappa shape index (κ3) is 4.67. The molecule has 6 nitrogen and oxygen atoms in total. The Morgan fingerprint density at radius 2 is 2.05 bits per heavy atom. The number of aliphatic hydroxyl groups is 1. The van der Waals surface area contributed by atoms with Crippen LogP contribution in [0.4, 0.5) is 4.79 Å². The van der Waals surface area contributed by atoms with Crippen LogP contribution in [0.15, 0.2) is 0 Å². The lowest BCUT2D eigenvalue weighted by atomic mass is 9.95. The molecule has 0 aromatic rings. The molecule has 1 aliphatic rings. The van der Waals surface area contributed by atoms with Crippen LogP contribution in [0.25, 0.3) is 0 Å². The summed E-state index contributed by atoms with van der Waals surface area (Å²) in [6.45, 7) is 5.34. The molecule has 0 saturated carbocycles. The molecule has 1 fully saturated rings. The molecule has 1 saturated heterocycles. The number of nitrogens with zero attached hydrogens (tertiary/aromatic N) is 1. The molecule has 2 atom stereocenters. The van der Waals surface area contributed by atoms with E-state index in [2.05, 4.69) is 5.32 Å². The number of carbonyl (C=O) groups excluding carboxylic acids is 2. The highest BCUT2D eigenvalue weighted by Gasteiger charge is 2.28. The summed E-state index contributed by atoms with van der Waals surface area (Å²) in [6, 6.07) is -0.473. The number of primary amides is 1. The van der Waals surface area contributed by atoms with E-state index in [1.54, 1.807) is 0 Å². The van der Waals surface area contributed by atoms with Crippen molar-refractivity contribution in [2.45, 2.75) is 45.6 Å². The predicted molar refractivity (Wildman–Crippen MR) is 77.0 cm³/mol. The van der Waals surface area contributed by atoms with Crippen LogP contribution >= 0.6 is 0 Å². The highest BCUT2D eigenvalue weighted by atomic mass is 16.3. The van der Waals surface area contributed by atoms with E-state index in [1.807, 2.05) is 13.8 Å². The second-order valence-corrected chi connectivity index (χ2v) is 5.51. The van der Waals surface area contributed by atoms with Crippen LogP contribution in [0.3, 0.4) is 0 Å². The van der Waals surface area contributed by atoms with Crippen LogP contribution in [0, 0.1) is 11.8 Å². The van der Waals surface area contributed by atoms with Gasteiger partial charge in [-0.2, -0.15) is 0 Å². The molecule has 0 aromatic carbocycles. The summed E-state index contributed by atoms with van der Waals surface area (Å²) in [7, 11) is 0. The zero-order valence-electron chi connectivity index (χ0n) is 12.5. The van der Waals surface area contributed by atoms with Crippen molar-refractivity contribution in [2.75, 3.05) is 19.6 Å². The molecule has 1 rings (SSSR count). The average Bonchev–Trinajstić information content (AvgIpc) is 2.46. The van der Waals surface area contributed by atoms with Gasteiger partial charge in [-0.05, 0) is 18.8 Å². The Morgan fingerprint density at radius 3 is 2.60 bits per heavy atom. The van der Waals surface area contributed by atoms with Gasteiger partial charge < -0.3 is 21.1 Å². The van der Waals surface area contributed by atoms with Gasteiger partial charge in [-0.1, -0.05) is 26.7 Å². The summed E-state index contributed by atoms with van der Waals surface area (Å²) < 4.78 is 0. The van der Waals surface area contributed by atoms with E-state index in [1.165, 1.54) is 4.90 Å². The van der Waals surface area contributed by atoms with Gasteiger partial charge in [0.05, 0.1) is 12.0 Å². The topological polar surface area (TPSA) is 95.7 Å². The van der Waals surface area contributed by atoms with Gasteiger partial charge in [-0.3, -0.25) is 4.79 Å². The van der Waals surface area contributed by atoms with Gasteiger partial charge in [0, 0.05) is 19.6 Å². The maximum Gasteiger partial charge on any atom is 0.314 e. The van der Waals surface area contributed by atoms with Crippen molar-refractivity contribution in [3.05, 3.63) is 0 Å². The standard InChI is InChI=1S/C14H27N3O3/c1-3-10(4-2)12(18)8-16-13(19)11-6-5-7-17(9-11)14(15)20/h10-12,18H,3-9H2,1-2H3,(H2,15,20)(H,16,19). The smallest absolute Gasteiger partial charge is 0.314 e. The highest BCUT2D eigenvalue weighted by Crippen LogP contribution is 2.17. The molecule has 1 aliphatic heterocycles. The molecule has 0 radical (unpaired) electrons. The normalized spacial score (nSPS) is 20.8. The Bertz CT molecular complexity index is 332. The van der Waals surface area contributed by atoms with Gasteiger partial charge >= 0.3 is 6.03 Å². The third-order valence-corrected chi connectivity index (χ3v) is 4.18. The van der Waals surface area contributed by atoms with Crippen LogP contribution < -0.4 is 11.1 Å². The quantitative estimate of drug-likeness (QED) is 0.670. The van der Waals surface area contributed by atoms with Crippen molar-refractivity contribution in [3.63, 3.8) is 0 Å². The van der Waals surface area contributed by atoms with E-state index in [9.17, 15) is 14.7 Å². The largest absolute Gasteiger partial charge is 0.391 e. The number of carbonyl (C=O) groups is 2. The highest BCUT2D eigenvalue weighted by molar-refractivity contribution is 5.80. The minimum Gasteiger partial charge on any atom is -0.391 e. The van der Waals surface area contributed by atoms with Crippen LogP contribution in [0.5, 0.6) is 0 Å². The maximum atomic E-state index is 12.1. The minimum atomic E-state index is -0.509. The Balaban J connectivity index is 2.40. The zero-order valence-corrected chi connectivity index (χ0v) is 12.5. The molecule has 20 heavy (non-hydrogen) atoms. The Labute approximate surface area is 120 Å². The predicted octanol–water partition coefficient (Wildman–Crippen LogP) is 0.690. The van der Waals surface area contributed by atoms with Crippen LogP contribution in [-0.4, -0.2) is 47.7 Å². The van der Waals surface area contributed by atoms with Crippen LogP contribution in [-0.2, 0) is 4.79 Å². The van der Waals surface area contributed by atoms with Gasteiger partial charge in [0.2, 0.25) is 5.91 Å². The summed E-state index contributed by atoms with van der Waals surface area (Å²) in [6.07, 6.45) is 2.83. The number of rotatable bonds is 6. The third-order valence-electron chi connectivity index (χ3n) is 4.18. The van der Waals surface area contributed by atoms with Crippen molar-refractivity contribution in [1.29, 1.82) is 0 Å². The van der Waals surface area contributed by atoms with Crippen LogP contribution in [0.1, 0.15) is 39.5 Å². The van der Waals surface area contributed by atoms with Crippen molar-refractivity contribution in [1.82, 2.24) is 10.2 Å². The second kappa shape index (κ2) is 8.09. The zero-order chi connectivity index (χ0) is 15.1. The summed E-state index contributed by atoms with van der Waals surface area (Å²) in [5, 5.41) is 12.8. The monoisotopic (exact) mass is 285 g/mol. The number of amides is 3. The van der Waals surface area contributed by atoms with E-state index in [-0.39, 0.29) is 24.3 Å². The molecule has 4 N–H and O–H groups in total. The number of nitrogens with two attached hydrogens (primary N) is 1. The van der Waals surface area contributed by atoms with Crippen molar-refractivity contribution >= 4 is 11.9 Å². The number of piperidine rings is 1. The summed E-state index contributed by atoms with van der Waals surface area (Å²) >= 11 is 0. The number of hydrogen-bond acceptors (Lipinski definition) is 3. The van der Waals surface area contributed by atoms with Gasteiger partial charge in [-0.15, -0.1) is 0 Å². The molecule has 6 heteroatoms. The first kappa shape index (κ1) is 16.8. The van der Waals surface area contributed by atoms with Gasteiger partial charge in [-0.25, -0.2) is 4.79 Å². The molecular formula is C14H27N3O3. The molecular weight excluding hydrogens is 258 g/mol. The fourth-order valence-corrected chi connectivity index (χ4v) is 2.74. The fourth-order valence-electron chi connectivity index (χ4n) is 2.74.